The summed E-state index contributed by atoms with van der Waals surface area (Å²) in [6.07, 6.45) is 8.33. The van der Waals surface area contributed by atoms with Crippen LogP contribution in [0.5, 0.6) is 0 Å². The minimum Gasteiger partial charge on any atom is -0.297 e. The van der Waals surface area contributed by atoms with E-state index in [1.807, 2.05) is 14.1 Å². The Hall–Kier alpha value is -0.630. The molecule has 2 nitrogen and oxygen atoms in total. The first-order valence-electron chi connectivity index (χ1n) is 5.48. The summed E-state index contributed by atoms with van der Waals surface area (Å²) in [5.41, 5.74) is -0.252. The predicted octanol–water partition coefficient (Wildman–Crippen LogP) is 2.40. The van der Waals surface area contributed by atoms with E-state index in [1.54, 1.807) is 0 Å². The largest absolute Gasteiger partial charge is 0.297 e. The Kier molecular flexibility index (Phi) is 3.87. The van der Waals surface area contributed by atoms with E-state index in [4.69, 9.17) is 0 Å². The van der Waals surface area contributed by atoms with Crippen LogP contribution in [0.1, 0.15) is 38.5 Å². The summed E-state index contributed by atoms with van der Waals surface area (Å²) in [5, 5.41) is 0. The van der Waals surface area contributed by atoms with Crippen molar-refractivity contribution in [3.63, 3.8) is 0 Å². The number of rotatable bonds is 3. The van der Waals surface area contributed by atoms with Crippen molar-refractivity contribution in [3.8, 4) is 0 Å². The molecule has 0 spiro atoms. The van der Waals surface area contributed by atoms with Gasteiger partial charge in [-0.25, -0.2) is 0 Å². The van der Waals surface area contributed by atoms with Crippen molar-refractivity contribution in [1.82, 2.24) is 4.90 Å². The third kappa shape index (κ3) is 2.06. The number of hydrogen-bond donors (Lipinski definition) is 0. The van der Waals surface area contributed by atoms with E-state index in [-0.39, 0.29) is 11.3 Å². The van der Waals surface area contributed by atoms with Crippen LogP contribution in [-0.4, -0.2) is 30.3 Å². The molecule has 0 atom stereocenters. The fourth-order valence-corrected chi connectivity index (χ4v) is 2.42. The predicted molar refractivity (Wildman–Crippen MR) is 59.3 cm³/mol. The summed E-state index contributed by atoms with van der Waals surface area (Å²) < 4.78 is 0. The van der Waals surface area contributed by atoms with E-state index in [2.05, 4.69) is 11.5 Å². The molecule has 0 aromatic heterocycles. The van der Waals surface area contributed by atoms with Crippen LogP contribution in [0.25, 0.3) is 0 Å². The SMILES string of the molecule is C=CC(=O)C1(N(C)C)CCCCCC1. The maximum atomic E-state index is 11.9. The molecule has 80 valence electrons. The standard InChI is InChI=1S/C12H21NO/c1-4-11(14)12(13(2)3)9-7-5-6-8-10-12/h4H,1,5-10H2,2-3H3. The second kappa shape index (κ2) is 4.74. The highest BCUT2D eigenvalue weighted by atomic mass is 16.1. The van der Waals surface area contributed by atoms with Gasteiger partial charge in [0.25, 0.3) is 0 Å². The summed E-state index contributed by atoms with van der Waals surface area (Å²) >= 11 is 0. The lowest BCUT2D eigenvalue weighted by Gasteiger charge is -2.37. The molecule has 1 rings (SSSR count). The van der Waals surface area contributed by atoms with E-state index in [0.717, 1.165) is 25.7 Å². The number of carbonyl (C=O) groups excluding carboxylic acids is 1. The molecule has 0 saturated heterocycles. The molecule has 0 bridgehead atoms. The van der Waals surface area contributed by atoms with Crippen molar-refractivity contribution >= 4 is 5.78 Å². The van der Waals surface area contributed by atoms with E-state index >= 15 is 0 Å². The van der Waals surface area contributed by atoms with Crippen molar-refractivity contribution in [2.24, 2.45) is 0 Å². The smallest absolute Gasteiger partial charge is 0.175 e. The van der Waals surface area contributed by atoms with Gasteiger partial charge in [-0.2, -0.15) is 0 Å². The Morgan fingerprint density at radius 1 is 1.21 bits per heavy atom. The third-order valence-corrected chi connectivity index (χ3v) is 3.43. The van der Waals surface area contributed by atoms with Gasteiger partial charge in [-0.1, -0.05) is 32.3 Å². The molecule has 0 unspecified atom stereocenters. The van der Waals surface area contributed by atoms with Gasteiger partial charge in [-0.05, 0) is 33.0 Å². The van der Waals surface area contributed by atoms with Crippen molar-refractivity contribution in [1.29, 1.82) is 0 Å². The highest BCUT2D eigenvalue weighted by molar-refractivity contribution is 5.97. The number of likely N-dealkylation sites (N-methyl/N-ethyl adjacent to an activating group) is 1. The highest BCUT2D eigenvalue weighted by Gasteiger charge is 2.38. The lowest BCUT2D eigenvalue weighted by molar-refractivity contribution is -0.125. The van der Waals surface area contributed by atoms with Crippen LogP contribution in [-0.2, 0) is 4.79 Å². The van der Waals surface area contributed by atoms with Crippen molar-refractivity contribution in [2.45, 2.75) is 44.1 Å². The maximum Gasteiger partial charge on any atom is 0.175 e. The topological polar surface area (TPSA) is 20.3 Å². The summed E-state index contributed by atoms with van der Waals surface area (Å²) in [7, 11) is 4.01. The van der Waals surface area contributed by atoms with Crippen LogP contribution in [0.3, 0.4) is 0 Å². The first-order chi connectivity index (χ1) is 6.63. The van der Waals surface area contributed by atoms with Gasteiger partial charge >= 0.3 is 0 Å². The second-order valence-corrected chi connectivity index (χ2v) is 4.41. The van der Waals surface area contributed by atoms with Gasteiger partial charge in [0.2, 0.25) is 0 Å². The Labute approximate surface area is 87.0 Å². The molecule has 0 aromatic carbocycles. The van der Waals surface area contributed by atoms with Crippen LogP contribution in [0, 0.1) is 0 Å². The van der Waals surface area contributed by atoms with Crippen molar-refractivity contribution < 1.29 is 4.79 Å². The molecular weight excluding hydrogens is 174 g/mol. The molecule has 14 heavy (non-hydrogen) atoms. The summed E-state index contributed by atoms with van der Waals surface area (Å²) in [5.74, 6) is 0.199. The lowest BCUT2D eigenvalue weighted by Crippen LogP contribution is -2.50. The van der Waals surface area contributed by atoms with Crippen LogP contribution >= 0.6 is 0 Å². The van der Waals surface area contributed by atoms with Crippen LogP contribution in [0.2, 0.25) is 0 Å². The van der Waals surface area contributed by atoms with Gasteiger partial charge in [-0.15, -0.1) is 0 Å². The van der Waals surface area contributed by atoms with Crippen molar-refractivity contribution in [2.75, 3.05) is 14.1 Å². The number of hydrogen-bond acceptors (Lipinski definition) is 2. The van der Waals surface area contributed by atoms with Gasteiger partial charge in [0.05, 0.1) is 5.54 Å². The van der Waals surface area contributed by atoms with E-state index < -0.39 is 0 Å². The van der Waals surface area contributed by atoms with Crippen molar-refractivity contribution in [3.05, 3.63) is 12.7 Å². The molecule has 1 saturated carbocycles. The van der Waals surface area contributed by atoms with Crippen LogP contribution < -0.4 is 0 Å². The zero-order valence-corrected chi connectivity index (χ0v) is 9.38. The van der Waals surface area contributed by atoms with Gasteiger partial charge in [0, 0.05) is 0 Å². The monoisotopic (exact) mass is 195 g/mol. The molecule has 0 aromatic rings. The molecule has 0 N–H and O–H groups in total. The number of carbonyl (C=O) groups is 1. The number of nitrogens with zero attached hydrogens (tertiary/aromatic N) is 1. The molecule has 2 heteroatoms. The minimum absolute atomic E-state index is 0.199. The molecule has 0 heterocycles. The highest BCUT2D eigenvalue weighted by Crippen LogP contribution is 2.32. The molecule has 0 aliphatic heterocycles. The average molecular weight is 195 g/mol. The zero-order chi connectivity index (χ0) is 10.6. The number of ketones is 1. The zero-order valence-electron chi connectivity index (χ0n) is 9.38. The molecular formula is C12H21NO. The Morgan fingerprint density at radius 2 is 1.71 bits per heavy atom. The molecule has 1 fully saturated rings. The van der Waals surface area contributed by atoms with E-state index in [9.17, 15) is 4.79 Å². The van der Waals surface area contributed by atoms with Crippen LogP contribution in [0.4, 0.5) is 0 Å². The van der Waals surface area contributed by atoms with Crippen LogP contribution in [0.15, 0.2) is 12.7 Å². The molecule has 1 aliphatic carbocycles. The van der Waals surface area contributed by atoms with E-state index in [1.165, 1.54) is 18.9 Å². The van der Waals surface area contributed by atoms with E-state index in [0.29, 0.717) is 0 Å². The first kappa shape index (κ1) is 11.4. The summed E-state index contributed by atoms with van der Waals surface area (Å²) in [4.78, 5) is 14.0. The minimum atomic E-state index is -0.252. The third-order valence-electron chi connectivity index (χ3n) is 3.43. The fraction of sp³-hybridized carbons (Fsp3) is 0.750. The average Bonchev–Trinajstić information content (AvgIpc) is 2.42. The first-order valence-corrected chi connectivity index (χ1v) is 5.48. The van der Waals surface area contributed by atoms with Gasteiger partial charge < -0.3 is 0 Å². The quantitative estimate of drug-likeness (QED) is 0.509. The fourth-order valence-electron chi connectivity index (χ4n) is 2.42. The molecule has 1 aliphatic rings. The Balaban J connectivity index is 2.88. The molecule has 0 amide bonds. The summed E-state index contributed by atoms with van der Waals surface area (Å²) in [6, 6.07) is 0. The Morgan fingerprint density at radius 3 is 2.07 bits per heavy atom. The summed E-state index contributed by atoms with van der Waals surface area (Å²) in [6.45, 7) is 3.62. The normalized spacial score (nSPS) is 21.6. The van der Waals surface area contributed by atoms with Gasteiger partial charge in [0.1, 0.15) is 0 Å². The van der Waals surface area contributed by atoms with Gasteiger partial charge in [-0.3, -0.25) is 9.69 Å². The van der Waals surface area contributed by atoms with Gasteiger partial charge in [0.15, 0.2) is 5.78 Å². The Bertz CT molecular complexity index is 212. The second-order valence-electron chi connectivity index (χ2n) is 4.41. The lowest BCUT2D eigenvalue weighted by atomic mass is 9.84. The molecule has 0 radical (unpaired) electrons. The maximum absolute atomic E-state index is 11.9.